The summed E-state index contributed by atoms with van der Waals surface area (Å²) in [6, 6.07) is 0. The van der Waals surface area contributed by atoms with E-state index in [0.29, 0.717) is 25.7 Å². The fourth-order valence-electron chi connectivity index (χ4n) is 11.0. The van der Waals surface area contributed by atoms with Crippen molar-refractivity contribution in [3.05, 3.63) is 170 Å². The van der Waals surface area contributed by atoms with Gasteiger partial charge in [-0.3, -0.25) is 32.5 Å². The van der Waals surface area contributed by atoms with Crippen LogP contribution in [0.3, 0.4) is 0 Å². The Hall–Kier alpha value is -5.09. The van der Waals surface area contributed by atoms with Gasteiger partial charge in [0, 0.05) is 19.3 Å². The summed E-state index contributed by atoms with van der Waals surface area (Å²) in [5, 5.41) is 20.7. The van der Waals surface area contributed by atoms with Crippen LogP contribution in [0.25, 0.3) is 0 Å². The van der Waals surface area contributed by atoms with Crippen molar-refractivity contribution in [3.8, 4) is 0 Å². The number of hydrogen-bond acceptors (Lipinski definition) is 14. The Balaban J connectivity index is 4.62. The Morgan fingerprint density at radius 1 is 0.266 bits per heavy atom. The first kappa shape index (κ1) is 104. The number of allylic oxidation sites excluding steroid dienone is 28. The molecule has 16 nitrogen and oxygen atoms in total. The maximum Gasteiger partial charge on any atom is 0.472 e. The number of aliphatic hydroxyl groups excluding tert-OH is 2. The molecule has 0 saturated heterocycles. The maximum atomic E-state index is 13.0. The second-order valence-corrected chi connectivity index (χ2v) is 30.8. The number of carbonyl (C=O) groups excluding carboxylic acids is 3. The first-order chi connectivity index (χ1) is 53.2. The monoisotopic (exact) mass is 1560 g/mol. The topological polar surface area (TPSA) is 231 Å². The van der Waals surface area contributed by atoms with Gasteiger partial charge in [0.05, 0.1) is 26.4 Å². The number of unbranched alkanes of at least 4 members (excludes halogenated alkanes) is 28. The fraction of sp³-hybridized carbons (Fsp3) is 0.659. The lowest BCUT2D eigenvalue weighted by Gasteiger charge is -2.21. The van der Waals surface area contributed by atoms with E-state index in [2.05, 4.69) is 173 Å². The van der Waals surface area contributed by atoms with Gasteiger partial charge in [-0.1, -0.05) is 332 Å². The molecule has 0 heterocycles. The molecule has 0 fully saturated rings. The van der Waals surface area contributed by atoms with Crippen LogP contribution in [0.15, 0.2) is 170 Å². The standard InChI is InChI=1S/C91H152O16P2/c1-4-7-10-13-16-19-22-25-28-31-34-36-38-39-40-41-42-43-44-45-47-49-51-53-56-59-62-65-68-71-74-77-89(94)101-80-86(92)81-103-108(97,98)104-82-87(93)83-105-109(99,100)106-85-88(107-91(96)79-76-73-70-67-64-61-58-55-50-33-30-27-24-21-18-15-12-9-6-3)84-102-90(95)78-75-72-69-66-63-60-57-54-52-48-46-37-35-32-29-26-23-20-17-14-11-8-5-2/h9,12,16-21,25-30,34-37,39-40,48,50,52,55,61,64,70,73,86-88,92-93H,4-8,10-11,13-15,22-24,31-33,38,41-47,49,51,53-54,56-60,62-63,65-69,71-72,74-85H2,1-3H3,(H,97,98)(H,99,100)/b12-9-,19-16-,20-17-,21-18-,28-25-,29-26-,30-27-,36-34-,37-35-,40-39-,52-48-,55-50-,64-61-,73-70-. The molecule has 0 aromatic heterocycles. The molecule has 5 atom stereocenters. The fourth-order valence-corrected chi connectivity index (χ4v) is 12.6. The molecule has 18 heteroatoms. The van der Waals surface area contributed by atoms with E-state index in [9.17, 15) is 43.5 Å². The molecule has 0 spiro atoms. The molecule has 0 radical (unpaired) electrons. The summed E-state index contributed by atoms with van der Waals surface area (Å²) in [5.74, 6) is -1.69. The number of phosphoric acid groups is 2. The first-order valence-corrected chi connectivity index (χ1v) is 45.4. The van der Waals surface area contributed by atoms with Gasteiger partial charge in [-0.25, -0.2) is 9.13 Å². The third-order valence-corrected chi connectivity index (χ3v) is 19.3. The maximum absolute atomic E-state index is 13.0. The molecule has 0 amide bonds. The van der Waals surface area contributed by atoms with Crippen molar-refractivity contribution in [1.82, 2.24) is 0 Å². The van der Waals surface area contributed by atoms with E-state index in [4.69, 9.17) is 32.3 Å². The van der Waals surface area contributed by atoms with E-state index in [-0.39, 0.29) is 19.3 Å². The largest absolute Gasteiger partial charge is 0.472 e. The zero-order chi connectivity index (χ0) is 79.4. The summed E-state index contributed by atoms with van der Waals surface area (Å²) in [5.41, 5.74) is 0. The third kappa shape index (κ3) is 83.7. The van der Waals surface area contributed by atoms with E-state index in [1.807, 2.05) is 18.2 Å². The molecule has 109 heavy (non-hydrogen) atoms. The number of hydrogen-bond donors (Lipinski definition) is 4. The van der Waals surface area contributed by atoms with Crippen molar-refractivity contribution in [2.24, 2.45) is 0 Å². The molecule has 0 aliphatic heterocycles. The van der Waals surface area contributed by atoms with E-state index in [1.165, 1.54) is 128 Å². The van der Waals surface area contributed by atoms with E-state index >= 15 is 0 Å². The van der Waals surface area contributed by atoms with Crippen LogP contribution in [0.2, 0.25) is 0 Å². The number of aliphatic hydroxyl groups is 2. The minimum atomic E-state index is -4.96. The van der Waals surface area contributed by atoms with Gasteiger partial charge in [0.15, 0.2) is 6.10 Å². The van der Waals surface area contributed by atoms with Crippen LogP contribution in [0, 0.1) is 0 Å². The van der Waals surface area contributed by atoms with Crippen molar-refractivity contribution >= 4 is 33.6 Å². The highest BCUT2D eigenvalue weighted by Crippen LogP contribution is 2.45. The van der Waals surface area contributed by atoms with Gasteiger partial charge in [-0.05, 0) is 148 Å². The van der Waals surface area contributed by atoms with Gasteiger partial charge in [-0.15, -0.1) is 0 Å². The molecular formula is C91H152O16P2. The lowest BCUT2D eigenvalue weighted by Crippen LogP contribution is -2.29. The molecule has 0 aliphatic rings. The number of carbonyl (C=O) groups is 3. The van der Waals surface area contributed by atoms with Crippen LogP contribution in [-0.2, 0) is 55.8 Å². The minimum absolute atomic E-state index is 0.0288. The Morgan fingerprint density at radius 2 is 0.505 bits per heavy atom. The highest BCUT2D eigenvalue weighted by molar-refractivity contribution is 7.47. The molecule has 622 valence electrons. The van der Waals surface area contributed by atoms with Crippen LogP contribution in [0.1, 0.15) is 329 Å². The molecule has 0 aromatic carbocycles. The Labute approximate surface area is 662 Å². The van der Waals surface area contributed by atoms with Gasteiger partial charge < -0.3 is 34.2 Å². The van der Waals surface area contributed by atoms with Crippen molar-refractivity contribution in [3.63, 3.8) is 0 Å². The Morgan fingerprint density at radius 3 is 0.807 bits per heavy atom. The summed E-state index contributed by atoms with van der Waals surface area (Å²) in [7, 11) is -9.84. The quantitative estimate of drug-likeness (QED) is 0.0146. The summed E-state index contributed by atoms with van der Waals surface area (Å²) < 4.78 is 61.2. The lowest BCUT2D eigenvalue weighted by molar-refractivity contribution is -0.161. The van der Waals surface area contributed by atoms with Crippen molar-refractivity contribution in [2.75, 3.05) is 39.6 Å². The lowest BCUT2D eigenvalue weighted by atomic mass is 10.0. The second kappa shape index (κ2) is 82.4. The predicted octanol–water partition coefficient (Wildman–Crippen LogP) is 25.5. The zero-order valence-corrected chi connectivity index (χ0v) is 70.0. The van der Waals surface area contributed by atoms with Crippen LogP contribution in [-0.4, -0.2) is 95.9 Å². The smallest absolute Gasteiger partial charge is 0.463 e. The second-order valence-electron chi connectivity index (χ2n) is 27.9. The van der Waals surface area contributed by atoms with Crippen LogP contribution in [0.5, 0.6) is 0 Å². The van der Waals surface area contributed by atoms with E-state index in [1.54, 1.807) is 0 Å². The van der Waals surface area contributed by atoms with Gasteiger partial charge in [0.1, 0.15) is 25.4 Å². The molecular weight excluding hydrogens is 1410 g/mol. The van der Waals surface area contributed by atoms with Crippen molar-refractivity contribution < 1.29 is 75.8 Å². The Kier molecular flexibility index (Phi) is 78.5. The van der Waals surface area contributed by atoms with Gasteiger partial charge in [0.25, 0.3) is 0 Å². The summed E-state index contributed by atoms with van der Waals surface area (Å²) >= 11 is 0. The first-order valence-electron chi connectivity index (χ1n) is 42.4. The highest BCUT2D eigenvalue weighted by atomic mass is 31.2. The summed E-state index contributed by atoms with van der Waals surface area (Å²) in [6.45, 7) is 2.42. The molecule has 4 N–H and O–H groups in total. The van der Waals surface area contributed by atoms with E-state index in [0.717, 1.165) is 135 Å². The summed E-state index contributed by atoms with van der Waals surface area (Å²) in [6.07, 6.45) is 106. The third-order valence-electron chi connectivity index (χ3n) is 17.4. The SMILES string of the molecule is CC/C=C\C/C=C\C/C=C\C/C=C\C/C=C\C/C=C\CCC(=O)OC(COC(=O)CCCCCCCCC/C=C\C/C=C\C/C=C\C/C=C\CCCCC)COP(=O)(O)OCC(O)COP(=O)(O)OCC(O)COC(=O)CCCCCCCCCCCCCCCCC/C=C\C/C=C\C/C=C\C/C=C\CCCCC. The molecule has 0 saturated carbocycles. The average Bonchev–Trinajstić information content (AvgIpc) is 0.903. The van der Waals surface area contributed by atoms with Crippen LogP contribution >= 0.6 is 15.6 Å². The summed E-state index contributed by atoms with van der Waals surface area (Å²) in [4.78, 5) is 58.8. The number of rotatable bonds is 79. The zero-order valence-electron chi connectivity index (χ0n) is 68.2. The molecule has 0 aromatic rings. The number of ether oxygens (including phenoxy) is 3. The van der Waals surface area contributed by atoms with Crippen LogP contribution in [0.4, 0.5) is 0 Å². The van der Waals surface area contributed by atoms with E-state index < -0.39 is 91.5 Å². The average molecular weight is 1560 g/mol. The number of phosphoric ester groups is 2. The predicted molar refractivity (Wildman–Crippen MR) is 454 cm³/mol. The van der Waals surface area contributed by atoms with Gasteiger partial charge >= 0.3 is 33.6 Å². The molecule has 5 unspecified atom stereocenters. The molecule has 0 bridgehead atoms. The van der Waals surface area contributed by atoms with Crippen molar-refractivity contribution in [1.29, 1.82) is 0 Å². The highest BCUT2D eigenvalue weighted by Gasteiger charge is 2.29. The molecule has 0 rings (SSSR count). The van der Waals surface area contributed by atoms with Gasteiger partial charge in [-0.2, -0.15) is 0 Å². The Bertz CT molecular complexity index is 2660. The number of esters is 3. The van der Waals surface area contributed by atoms with Crippen LogP contribution < -0.4 is 0 Å². The molecule has 0 aliphatic carbocycles. The van der Waals surface area contributed by atoms with Crippen molar-refractivity contribution in [2.45, 2.75) is 347 Å². The van der Waals surface area contributed by atoms with Gasteiger partial charge in [0.2, 0.25) is 0 Å². The normalized spacial score (nSPS) is 14.7. The minimum Gasteiger partial charge on any atom is -0.463 e.